The summed E-state index contributed by atoms with van der Waals surface area (Å²) in [5, 5.41) is 11.0. The molecule has 0 amide bonds. The number of thioether (sulfide) groups is 1. The third kappa shape index (κ3) is 2.66. The van der Waals surface area contributed by atoms with Gasteiger partial charge < -0.3 is 10.5 Å². The van der Waals surface area contributed by atoms with Crippen LogP contribution in [0.2, 0.25) is 0 Å². The van der Waals surface area contributed by atoms with Crippen LogP contribution in [0.1, 0.15) is 23.6 Å². The van der Waals surface area contributed by atoms with Crippen LogP contribution in [0, 0.1) is 23.0 Å². The second-order valence-electron chi connectivity index (χ2n) is 6.60. The van der Waals surface area contributed by atoms with Crippen LogP contribution in [0.15, 0.2) is 17.6 Å². The van der Waals surface area contributed by atoms with Crippen molar-refractivity contribution in [3.8, 4) is 17.2 Å². The maximum Gasteiger partial charge on any atom is 0.188 e. The van der Waals surface area contributed by atoms with Crippen LogP contribution in [0.3, 0.4) is 0 Å². The fourth-order valence-corrected chi connectivity index (χ4v) is 5.18. The Kier molecular flexibility index (Phi) is 4.54. The van der Waals surface area contributed by atoms with E-state index in [1.807, 2.05) is 13.0 Å². The summed E-state index contributed by atoms with van der Waals surface area (Å²) in [6, 6.07) is 2.00. The Morgan fingerprint density at radius 2 is 2.03 bits per heavy atom. The molecule has 30 heavy (non-hydrogen) atoms. The van der Waals surface area contributed by atoms with Gasteiger partial charge in [0, 0.05) is 28.1 Å². The standard InChI is InChI=1S/C20H13F2N5OS2/c1-2-29-20-26-4-9-10-6-28-7-11(10)13(16(22)17(9)27-20)15-12(21)5-25-19-14(15)8(3-23)18(24)30-19/h4-5H,2,6-7,24H2,1H3. The van der Waals surface area contributed by atoms with Crippen molar-refractivity contribution in [1.29, 1.82) is 5.26 Å². The molecule has 0 saturated heterocycles. The quantitative estimate of drug-likeness (QED) is 0.361. The number of anilines is 1. The molecule has 1 aliphatic rings. The van der Waals surface area contributed by atoms with Gasteiger partial charge in [-0.05, 0) is 16.9 Å². The highest BCUT2D eigenvalue weighted by Crippen LogP contribution is 2.45. The Hall–Kier alpha value is -2.87. The van der Waals surface area contributed by atoms with Crippen molar-refractivity contribution in [2.45, 2.75) is 25.3 Å². The number of thiophene rings is 1. The molecule has 2 N–H and O–H groups in total. The Morgan fingerprint density at radius 1 is 1.23 bits per heavy atom. The maximum atomic E-state index is 15.9. The molecule has 5 rings (SSSR count). The molecule has 6 nitrogen and oxygen atoms in total. The molecular formula is C20H13F2N5OS2. The summed E-state index contributed by atoms with van der Waals surface area (Å²) < 4.78 is 36.6. The lowest BCUT2D eigenvalue weighted by molar-refractivity contribution is 0.135. The van der Waals surface area contributed by atoms with Gasteiger partial charge >= 0.3 is 0 Å². The predicted molar refractivity (Wildman–Crippen MR) is 112 cm³/mol. The first-order valence-electron chi connectivity index (χ1n) is 9.02. The van der Waals surface area contributed by atoms with E-state index in [1.54, 1.807) is 6.20 Å². The Bertz CT molecular complexity index is 1400. The minimum Gasteiger partial charge on any atom is -0.389 e. The van der Waals surface area contributed by atoms with Crippen LogP contribution < -0.4 is 5.73 Å². The molecule has 0 bridgehead atoms. The number of aromatic nitrogens is 3. The van der Waals surface area contributed by atoms with E-state index < -0.39 is 11.6 Å². The molecule has 0 unspecified atom stereocenters. The van der Waals surface area contributed by atoms with E-state index in [1.165, 1.54) is 11.8 Å². The Labute approximate surface area is 177 Å². The number of benzene rings is 1. The molecule has 4 heterocycles. The van der Waals surface area contributed by atoms with Crippen molar-refractivity contribution in [3.63, 3.8) is 0 Å². The number of nitrogen functional groups attached to an aromatic ring is 1. The summed E-state index contributed by atoms with van der Waals surface area (Å²) in [4.78, 5) is 13.1. The zero-order valence-electron chi connectivity index (χ0n) is 15.6. The van der Waals surface area contributed by atoms with Gasteiger partial charge in [-0.2, -0.15) is 5.26 Å². The van der Waals surface area contributed by atoms with Crippen LogP contribution in [0.4, 0.5) is 13.8 Å². The highest BCUT2D eigenvalue weighted by Gasteiger charge is 2.30. The first-order chi connectivity index (χ1) is 14.5. The van der Waals surface area contributed by atoms with Crippen LogP contribution in [-0.4, -0.2) is 20.7 Å². The van der Waals surface area contributed by atoms with Crippen LogP contribution in [0.25, 0.3) is 32.2 Å². The first kappa shape index (κ1) is 19.1. The molecule has 0 spiro atoms. The van der Waals surface area contributed by atoms with Crippen molar-refractivity contribution in [3.05, 3.63) is 40.7 Å². The van der Waals surface area contributed by atoms with E-state index in [9.17, 15) is 5.26 Å². The zero-order valence-corrected chi connectivity index (χ0v) is 17.3. The van der Waals surface area contributed by atoms with Gasteiger partial charge in [-0.1, -0.05) is 30.0 Å². The van der Waals surface area contributed by atoms with Gasteiger partial charge in [0.15, 0.2) is 11.0 Å². The van der Waals surface area contributed by atoms with Crippen LogP contribution in [-0.2, 0) is 18.0 Å². The molecule has 0 saturated carbocycles. The van der Waals surface area contributed by atoms with Crippen molar-refractivity contribution in [2.75, 3.05) is 11.5 Å². The van der Waals surface area contributed by atoms with Crippen molar-refractivity contribution in [1.82, 2.24) is 15.0 Å². The van der Waals surface area contributed by atoms with Gasteiger partial charge in [-0.25, -0.2) is 23.7 Å². The summed E-state index contributed by atoms with van der Waals surface area (Å²) in [5.41, 5.74) is 7.40. The molecule has 0 atom stereocenters. The highest BCUT2D eigenvalue weighted by atomic mass is 32.2. The number of nitriles is 1. The van der Waals surface area contributed by atoms with Crippen molar-refractivity contribution < 1.29 is 13.5 Å². The minimum absolute atomic E-state index is 0.0334. The van der Waals surface area contributed by atoms with Gasteiger partial charge in [-0.3, -0.25) is 0 Å². The van der Waals surface area contributed by atoms with Gasteiger partial charge in [0.1, 0.15) is 27.2 Å². The third-order valence-corrected chi connectivity index (χ3v) is 6.68. The molecule has 3 aromatic heterocycles. The fourth-order valence-electron chi connectivity index (χ4n) is 3.77. The largest absolute Gasteiger partial charge is 0.389 e. The second-order valence-corrected chi connectivity index (χ2v) is 8.86. The molecular weight excluding hydrogens is 428 g/mol. The van der Waals surface area contributed by atoms with E-state index in [4.69, 9.17) is 10.5 Å². The molecule has 0 aliphatic carbocycles. The second kappa shape index (κ2) is 7.12. The number of rotatable bonds is 3. The number of hydrogen-bond acceptors (Lipinski definition) is 8. The number of ether oxygens (including phenoxy) is 1. The summed E-state index contributed by atoms with van der Waals surface area (Å²) in [6.45, 7) is 2.31. The number of halogens is 2. The monoisotopic (exact) mass is 441 g/mol. The van der Waals surface area contributed by atoms with E-state index in [0.717, 1.165) is 28.8 Å². The van der Waals surface area contributed by atoms with Crippen LogP contribution in [0.5, 0.6) is 0 Å². The third-order valence-electron chi connectivity index (χ3n) is 5.01. The average Bonchev–Trinajstić information content (AvgIpc) is 3.34. The lowest BCUT2D eigenvalue weighted by Crippen LogP contribution is -2.02. The summed E-state index contributed by atoms with van der Waals surface area (Å²) in [5.74, 6) is -0.677. The summed E-state index contributed by atoms with van der Waals surface area (Å²) in [7, 11) is 0. The number of fused-ring (bicyclic) bond motifs is 4. The van der Waals surface area contributed by atoms with E-state index in [0.29, 0.717) is 20.9 Å². The molecule has 4 aromatic rings. The lowest BCUT2D eigenvalue weighted by atomic mass is 9.91. The van der Waals surface area contributed by atoms with Gasteiger partial charge in [0.05, 0.1) is 25.0 Å². The van der Waals surface area contributed by atoms with E-state index >= 15 is 8.78 Å². The van der Waals surface area contributed by atoms with Gasteiger partial charge in [-0.15, -0.1) is 0 Å². The Morgan fingerprint density at radius 3 is 2.80 bits per heavy atom. The molecule has 1 aliphatic heterocycles. The molecule has 0 fully saturated rings. The minimum atomic E-state index is -0.735. The smallest absolute Gasteiger partial charge is 0.188 e. The summed E-state index contributed by atoms with van der Waals surface area (Å²) in [6.07, 6.45) is 2.61. The Balaban J connectivity index is 1.94. The zero-order chi connectivity index (χ0) is 21.0. The summed E-state index contributed by atoms with van der Waals surface area (Å²) >= 11 is 2.45. The first-order valence-corrected chi connectivity index (χ1v) is 10.8. The van der Waals surface area contributed by atoms with E-state index in [2.05, 4.69) is 15.0 Å². The van der Waals surface area contributed by atoms with Crippen LogP contribution >= 0.6 is 23.1 Å². The van der Waals surface area contributed by atoms with Crippen molar-refractivity contribution >= 4 is 49.2 Å². The number of nitrogens with zero attached hydrogens (tertiary/aromatic N) is 4. The maximum absolute atomic E-state index is 15.9. The number of hydrogen-bond donors (Lipinski definition) is 1. The molecule has 150 valence electrons. The van der Waals surface area contributed by atoms with Gasteiger partial charge in [0.2, 0.25) is 0 Å². The molecule has 1 aromatic carbocycles. The van der Waals surface area contributed by atoms with Gasteiger partial charge in [0.25, 0.3) is 0 Å². The topological polar surface area (TPSA) is 97.7 Å². The molecule has 10 heteroatoms. The number of pyridine rings is 1. The molecule has 0 radical (unpaired) electrons. The SMILES string of the molecule is CCSc1ncc2c3c(c(-c4c(F)cnc5sc(N)c(C#N)c45)c(F)c2n1)COC3. The van der Waals surface area contributed by atoms with E-state index in [-0.39, 0.29) is 45.8 Å². The lowest BCUT2D eigenvalue weighted by Gasteiger charge is -2.15. The normalized spacial score (nSPS) is 13.1. The average molecular weight is 441 g/mol. The van der Waals surface area contributed by atoms with Crippen molar-refractivity contribution in [2.24, 2.45) is 0 Å². The number of nitrogens with two attached hydrogens (primary N) is 1. The predicted octanol–water partition coefficient (Wildman–Crippen LogP) is 4.78. The fraction of sp³-hybridized carbons (Fsp3) is 0.200. The highest BCUT2D eigenvalue weighted by molar-refractivity contribution is 7.99.